The average molecular weight is 265 g/mol. The number of benzene rings is 1. The first kappa shape index (κ1) is 15.8. The molecular formula is C15H27N3O. The van der Waals surface area contributed by atoms with Crippen LogP contribution < -0.4 is 5.73 Å². The summed E-state index contributed by atoms with van der Waals surface area (Å²) < 4.78 is 0. The van der Waals surface area contributed by atoms with Crippen molar-refractivity contribution in [2.75, 3.05) is 39.5 Å². The molecule has 0 bridgehead atoms. The summed E-state index contributed by atoms with van der Waals surface area (Å²) in [5, 5.41) is 9.90. The maximum Gasteiger partial charge on any atom is 0.120 e. The molecule has 1 aromatic rings. The van der Waals surface area contributed by atoms with E-state index in [2.05, 4.69) is 37.7 Å². The number of hydrogen-bond acceptors (Lipinski definition) is 4. The molecule has 4 nitrogen and oxygen atoms in total. The second-order valence-electron chi connectivity index (χ2n) is 5.82. The monoisotopic (exact) mass is 265 g/mol. The van der Waals surface area contributed by atoms with E-state index in [1.165, 1.54) is 0 Å². The molecule has 0 aliphatic rings. The third-order valence-corrected chi connectivity index (χ3v) is 2.98. The fourth-order valence-electron chi connectivity index (χ4n) is 2.07. The maximum atomic E-state index is 9.90. The summed E-state index contributed by atoms with van der Waals surface area (Å²) in [6.07, 6.45) is 0. The molecule has 0 atom stereocenters. The number of rotatable bonds is 7. The summed E-state index contributed by atoms with van der Waals surface area (Å²) in [5.74, 6) is 0.929. The Bertz CT molecular complexity index is 391. The smallest absolute Gasteiger partial charge is 0.120 e. The van der Waals surface area contributed by atoms with E-state index in [1.807, 2.05) is 6.07 Å². The van der Waals surface area contributed by atoms with Crippen molar-refractivity contribution in [1.29, 1.82) is 0 Å². The number of nitrogen functional groups attached to an aromatic ring is 1. The van der Waals surface area contributed by atoms with Crippen LogP contribution >= 0.6 is 0 Å². The molecule has 0 saturated carbocycles. The molecule has 0 aromatic heterocycles. The third kappa shape index (κ3) is 5.94. The first-order chi connectivity index (χ1) is 8.88. The van der Waals surface area contributed by atoms with Crippen molar-refractivity contribution in [3.05, 3.63) is 23.8 Å². The lowest BCUT2D eigenvalue weighted by Gasteiger charge is -2.26. The summed E-state index contributed by atoms with van der Waals surface area (Å²) in [5.41, 5.74) is 7.39. The highest BCUT2D eigenvalue weighted by Crippen LogP contribution is 2.21. The lowest BCUT2D eigenvalue weighted by atomic mass is 10.1. The number of nitrogens with zero attached hydrogens (tertiary/aromatic N) is 2. The molecule has 1 rings (SSSR count). The van der Waals surface area contributed by atoms with E-state index in [0.29, 0.717) is 17.4 Å². The van der Waals surface area contributed by atoms with Crippen LogP contribution in [0.4, 0.5) is 5.69 Å². The highest BCUT2D eigenvalue weighted by Gasteiger charge is 2.11. The second kappa shape index (κ2) is 7.36. The highest BCUT2D eigenvalue weighted by molar-refractivity contribution is 5.47. The Hall–Kier alpha value is -1.26. The first-order valence-electron chi connectivity index (χ1n) is 6.83. The molecule has 1 aromatic carbocycles. The van der Waals surface area contributed by atoms with Gasteiger partial charge in [-0.3, -0.25) is 4.90 Å². The standard InChI is InChI=1S/C15H27N3O/c1-12(2)10-18(8-7-17(3)4)11-13-9-14(16)5-6-15(13)19/h5-6,9,12,19H,7-8,10-11,16H2,1-4H3. The van der Waals surface area contributed by atoms with Crippen molar-refractivity contribution >= 4 is 5.69 Å². The highest BCUT2D eigenvalue weighted by atomic mass is 16.3. The van der Waals surface area contributed by atoms with Gasteiger partial charge in [-0.25, -0.2) is 0 Å². The van der Waals surface area contributed by atoms with Gasteiger partial charge in [0.1, 0.15) is 5.75 Å². The third-order valence-electron chi connectivity index (χ3n) is 2.98. The van der Waals surface area contributed by atoms with Crippen LogP contribution in [0.15, 0.2) is 18.2 Å². The molecule has 0 radical (unpaired) electrons. The van der Waals surface area contributed by atoms with Crippen LogP contribution in [0.5, 0.6) is 5.75 Å². The largest absolute Gasteiger partial charge is 0.508 e. The predicted molar refractivity (Wildman–Crippen MR) is 81.2 cm³/mol. The summed E-state index contributed by atoms with van der Waals surface area (Å²) >= 11 is 0. The number of phenols is 1. The van der Waals surface area contributed by atoms with Gasteiger partial charge in [0.2, 0.25) is 0 Å². The van der Waals surface area contributed by atoms with Gasteiger partial charge in [-0.1, -0.05) is 13.8 Å². The maximum absolute atomic E-state index is 9.90. The molecule has 0 unspecified atom stereocenters. The molecule has 0 aliphatic heterocycles. The SMILES string of the molecule is CC(C)CN(CCN(C)C)Cc1cc(N)ccc1O. The zero-order valence-electron chi connectivity index (χ0n) is 12.6. The van der Waals surface area contributed by atoms with E-state index < -0.39 is 0 Å². The van der Waals surface area contributed by atoms with E-state index in [1.54, 1.807) is 12.1 Å². The molecule has 108 valence electrons. The number of nitrogens with two attached hydrogens (primary N) is 1. The van der Waals surface area contributed by atoms with Gasteiger partial charge < -0.3 is 15.7 Å². The van der Waals surface area contributed by atoms with Crippen molar-refractivity contribution in [3.63, 3.8) is 0 Å². The molecule has 19 heavy (non-hydrogen) atoms. The van der Waals surface area contributed by atoms with Crippen LogP contribution in [-0.4, -0.2) is 48.6 Å². The van der Waals surface area contributed by atoms with Crippen molar-refractivity contribution in [1.82, 2.24) is 9.80 Å². The normalized spacial score (nSPS) is 11.7. The number of likely N-dealkylation sites (N-methyl/N-ethyl adjacent to an activating group) is 1. The topological polar surface area (TPSA) is 52.7 Å². The van der Waals surface area contributed by atoms with Crippen LogP contribution in [0.3, 0.4) is 0 Å². The van der Waals surface area contributed by atoms with Crippen molar-refractivity contribution in [2.24, 2.45) is 5.92 Å². The lowest BCUT2D eigenvalue weighted by Crippen LogP contribution is -2.34. The fraction of sp³-hybridized carbons (Fsp3) is 0.600. The molecule has 0 heterocycles. The zero-order valence-corrected chi connectivity index (χ0v) is 12.6. The number of anilines is 1. The predicted octanol–water partition coefficient (Wildman–Crippen LogP) is 1.99. The fourth-order valence-corrected chi connectivity index (χ4v) is 2.07. The minimum Gasteiger partial charge on any atom is -0.508 e. The van der Waals surface area contributed by atoms with Crippen LogP contribution in [-0.2, 0) is 6.54 Å². The Morgan fingerprint density at radius 2 is 1.89 bits per heavy atom. The number of phenolic OH excluding ortho intramolecular Hbond substituents is 1. The number of hydrogen-bond donors (Lipinski definition) is 2. The van der Waals surface area contributed by atoms with Gasteiger partial charge >= 0.3 is 0 Å². The Morgan fingerprint density at radius 3 is 2.47 bits per heavy atom. The first-order valence-corrected chi connectivity index (χ1v) is 6.83. The Balaban J connectivity index is 2.72. The quantitative estimate of drug-likeness (QED) is 0.585. The Kier molecular flexibility index (Phi) is 6.12. The van der Waals surface area contributed by atoms with Crippen LogP contribution in [0.2, 0.25) is 0 Å². The minimum atomic E-state index is 0.327. The van der Waals surface area contributed by atoms with Gasteiger partial charge in [0.25, 0.3) is 0 Å². The summed E-state index contributed by atoms with van der Waals surface area (Å²) in [6, 6.07) is 5.26. The van der Waals surface area contributed by atoms with Crippen molar-refractivity contribution in [2.45, 2.75) is 20.4 Å². The van der Waals surface area contributed by atoms with E-state index in [0.717, 1.165) is 31.7 Å². The van der Waals surface area contributed by atoms with Gasteiger partial charge in [-0.2, -0.15) is 0 Å². The van der Waals surface area contributed by atoms with Crippen molar-refractivity contribution in [3.8, 4) is 5.75 Å². The Labute approximate surface area is 116 Å². The minimum absolute atomic E-state index is 0.327. The second-order valence-corrected chi connectivity index (χ2v) is 5.82. The molecule has 0 amide bonds. The van der Waals surface area contributed by atoms with Gasteiger partial charge in [0, 0.05) is 37.4 Å². The van der Waals surface area contributed by atoms with Crippen LogP contribution in [0.1, 0.15) is 19.4 Å². The lowest BCUT2D eigenvalue weighted by molar-refractivity contribution is 0.210. The molecular weight excluding hydrogens is 238 g/mol. The average Bonchev–Trinajstić information content (AvgIpc) is 2.30. The van der Waals surface area contributed by atoms with E-state index in [9.17, 15) is 5.11 Å². The molecule has 0 fully saturated rings. The molecule has 4 heteroatoms. The molecule has 0 saturated heterocycles. The van der Waals surface area contributed by atoms with Gasteiger partial charge in [-0.15, -0.1) is 0 Å². The van der Waals surface area contributed by atoms with E-state index in [-0.39, 0.29) is 0 Å². The van der Waals surface area contributed by atoms with E-state index in [4.69, 9.17) is 5.73 Å². The van der Waals surface area contributed by atoms with Crippen LogP contribution in [0, 0.1) is 5.92 Å². The Morgan fingerprint density at radius 1 is 1.21 bits per heavy atom. The van der Waals surface area contributed by atoms with Gasteiger partial charge in [-0.05, 0) is 38.2 Å². The zero-order chi connectivity index (χ0) is 14.4. The van der Waals surface area contributed by atoms with Gasteiger partial charge in [0.15, 0.2) is 0 Å². The van der Waals surface area contributed by atoms with Crippen molar-refractivity contribution < 1.29 is 5.11 Å². The molecule has 0 aliphatic carbocycles. The molecule has 3 N–H and O–H groups in total. The van der Waals surface area contributed by atoms with Gasteiger partial charge in [0.05, 0.1) is 0 Å². The van der Waals surface area contributed by atoms with Crippen LogP contribution in [0.25, 0.3) is 0 Å². The summed E-state index contributed by atoms with van der Waals surface area (Å²) in [4.78, 5) is 4.53. The summed E-state index contributed by atoms with van der Waals surface area (Å²) in [7, 11) is 4.15. The number of aromatic hydroxyl groups is 1. The summed E-state index contributed by atoms with van der Waals surface area (Å²) in [6.45, 7) is 8.17. The van der Waals surface area contributed by atoms with E-state index >= 15 is 0 Å². The molecule has 0 spiro atoms.